The van der Waals surface area contributed by atoms with Gasteiger partial charge in [-0.2, -0.15) is 0 Å². The summed E-state index contributed by atoms with van der Waals surface area (Å²) in [4.78, 5) is 11.4. The maximum atomic E-state index is 11.4. The zero-order valence-electron chi connectivity index (χ0n) is 6.88. The topological polar surface area (TPSA) is 55.1 Å². The second kappa shape index (κ2) is 3.01. The van der Waals surface area contributed by atoms with E-state index < -0.39 is 0 Å². The standard InChI is InChI=1S/C9H9ClN2O/c10-7-3-1-2-5-6(4-11)9(13)12-8(5)7/h1-3,6H,4,11H2,(H,12,13). The number of hydrogen-bond donors (Lipinski definition) is 2. The highest BCUT2D eigenvalue weighted by atomic mass is 35.5. The third-order valence-electron chi connectivity index (χ3n) is 2.22. The predicted octanol–water partition coefficient (Wildman–Crippen LogP) is 1.33. The Morgan fingerprint density at radius 1 is 1.54 bits per heavy atom. The smallest absolute Gasteiger partial charge is 0.233 e. The van der Waals surface area contributed by atoms with Crippen LogP contribution >= 0.6 is 11.6 Å². The average Bonchev–Trinajstić information content (AvgIpc) is 2.43. The van der Waals surface area contributed by atoms with E-state index in [0.29, 0.717) is 17.3 Å². The van der Waals surface area contributed by atoms with E-state index in [1.807, 2.05) is 12.1 Å². The van der Waals surface area contributed by atoms with E-state index in [9.17, 15) is 4.79 Å². The van der Waals surface area contributed by atoms with Gasteiger partial charge in [-0.3, -0.25) is 4.79 Å². The number of nitrogens with one attached hydrogen (secondary N) is 1. The van der Waals surface area contributed by atoms with Crippen LogP contribution in [-0.4, -0.2) is 12.5 Å². The van der Waals surface area contributed by atoms with Crippen molar-refractivity contribution in [3.8, 4) is 0 Å². The van der Waals surface area contributed by atoms with E-state index in [4.69, 9.17) is 17.3 Å². The molecule has 0 aromatic heterocycles. The molecule has 1 aromatic carbocycles. The van der Waals surface area contributed by atoms with Crippen molar-refractivity contribution in [2.75, 3.05) is 11.9 Å². The van der Waals surface area contributed by atoms with E-state index in [1.165, 1.54) is 0 Å². The highest BCUT2D eigenvalue weighted by Crippen LogP contribution is 2.36. The highest BCUT2D eigenvalue weighted by Gasteiger charge is 2.30. The Labute approximate surface area is 80.9 Å². The number of carbonyl (C=O) groups excluding carboxylic acids is 1. The number of carbonyl (C=O) groups is 1. The van der Waals surface area contributed by atoms with Gasteiger partial charge < -0.3 is 11.1 Å². The van der Waals surface area contributed by atoms with Gasteiger partial charge in [-0.25, -0.2) is 0 Å². The number of nitrogens with two attached hydrogens (primary N) is 1. The van der Waals surface area contributed by atoms with Crippen LogP contribution in [0.15, 0.2) is 18.2 Å². The molecule has 0 spiro atoms. The summed E-state index contributed by atoms with van der Waals surface area (Å²) < 4.78 is 0. The zero-order valence-corrected chi connectivity index (χ0v) is 7.64. The van der Waals surface area contributed by atoms with Gasteiger partial charge in [-0.1, -0.05) is 23.7 Å². The summed E-state index contributed by atoms with van der Waals surface area (Å²) in [5, 5.41) is 3.29. The van der Waals surface area contributed by atoms with Gasteiger partial charge in [0.25, 0.3) is 0 Å². The molecule has 0 fully saturated rings. The zero-order chi connectivity index (χ0) is 9.42. The molecule has 0 radical (unpaired) electrons. The van der Waals surface area contributed by atoms with E-state index >= 15 is 0 Å². The van der Waals surface area contributed by atoms with Crippen LogP contribution in [0.25, 0.3) is 0 Å². The molecule has 0 aliphatic carbocycles. The van der Waals surface area contributed by atoms with Gasteiger partial charge in [0, 0.05) is 6.54 Å². The first kappa shape index (κ1) is 8.53. The molecule has 2 rings (SSSR count). The number of para-hydroxylation sites is 1. The van der Waals surface area contributed by atoms with Crippen LogP contribution in [-0.2, 0) is 4.79 Å². The van der Waals surface area contributed by atoms with Crippen LogP contribution in [0, 0.1) is 0 Å². The minimum Gasteiger partial charge on any atom is -0.329 e. The van der Waals surface area contributed by atoms with Crippen LogP contribution in [0.4, 0.5) is 5.69 Å². The molecule has 1 aliphatic rings. The summed E-state index contributed by atoms with van der Waals surface area (Å²) in [5.41, 5.74) is 7.10. The van der Waals surface area contributed by atoms with E-state index in [1.54, 1.807) is 6.07 Å². The minimum atomic E-state index is -0.242. The van der Waals surface area contributed by atoms with Crippen molar-refractivity contribution in [1.82, 2.24) is 0 Å². The first-order valence-corrected chi connectivity index (χ1v) is 4.41. The fourth-order valence-electron chi connectivity index (χ4n) is 1.55. The van der Waals surface area contributed by atoms with Gasteiger partial charge >= 0.3 is 0 Å². The Bertz CT molecular complexity index is 365. The summed E-state index contributed by atoms with van der Waals surface area (Å²) in [6.07, 6.45) is 0. The summed E-state index contributed by atoms with van der Waals surface area (Å²) in [6, 6.07) is 5.44. The van der Waals surface area contributed by atoms with Crippen molar-refractivity contribution >= 4 is 23.2 Å². The Hall–Kier alpha value is -1.06. The Morgan fingerprint density at radius 3 is 3.00 bits per heavy atom. The molecule has 0 bridgehead atoms. The number of amides is 1. The molecular weight excluding hydrogens is 188 g/mol. The molecule has 1 atom stereocenters. The normalized spacial score (nSPS) is 19.8. The van der Waals surface area contributed by atoms with E-state index in [0.717, 1.165) is 5.56 Å². The molecule has 0 saturated heterocycles. The van der Waals surface area contributed by atoms with Crippen LogP contribution in [0.2, 0.25) is 5.02 Å². The minimum absolute atomic E-state index is 0.0643. The third kappa shape index (κ3) is 1.20. The van der Waals surface area contributed by atoms with E-state index in [2.05, 4.69) is 5.32 Å². The van der Waals surface area contributed by atoms with Crippen LogP contribution in [0.5, 0.6) is 0 Å². The van der Waals surface area contributed by atoms with Gasteiger partial charge in [0.15, 0.2) is 0 Å². The molecular formula is C9H9ClN2O. The number of rotatable bonds is 1. The monoisotopic (exact) mass is 196 g/mol. The maximum absolute atomic E-state index is 11.4. The van der Waals surface area contributed by atoms with Crippen molar-refractivity contribution in [1.29, 1.82) is 0 Å². The number of fused-ring (bicyclic) bond motifs is 1. The van der Waals surface area contributed by atoms with Gasteiger partial charge in [0.1, 0.15) is 0 Å². The molecule has 13 heavy (non-hydrogen) atoms. The summed E-state index contributed by atoms with van der Waals surface area (Å²) in [5.74, 6) is -0.306. The maximum Gasteiger partial charge on any atom is 0.233 e. The second-order valence-electron chi connectivity index (χ2n) is 2.98. The SMILES string of the molecule is NCC1C(=O)Nc2c(Cl)cccc21. The van der Waals surface area contributed by atoms with Crippen LogP contribution in [0.3, 0.4) is 0 Å². The lowest BCUT2D eigenvalue weighted by Crippen LogP contribution is -2.20. The molecule has 1 aliphatic heterocycles. The average molecular weight is 197 g/mol. The molecule has 4 heteroatoms. The van der Waals surface area contributed by atoms with Gasteiger partial charge in [0.2, 0.25) is 5.91 Å². The lowest BCUT2D eigenvalue weighted by Gasteiger charge is -2.03. The number of benzene rings is 1. The lowest BCUT2D eigenvalue weighted by atomic mass is 10.0. The van der Waals surface area contributed by atoms with Gasteiger partial charge in [-0.15, -0.1) is 0 Å². The van der Waals surface area contributed by atoms with Gasteiger partial charge in [-0.05, 0) is 11.6 Å². The molecule has 1 aromatic rings. The van der Waals surface area contributed by atoms with Crippen molar-refractivity contribution in [2.45, 2.75) is 5.92 Å². The first-order chi connectivity index (χ1) is 6.24. The largest absolute Gasteiger partial charge is 0.329 e. The number of halogens is 1. The summed E-state index contributed by atoms with van der Waals surface area (Å²) in [7, 11) is 0. The first-order valence-electron chi connectivity index (χ1n) is 4.03. The Kier molecular flexibility index (Phi) is 1.98. The second-order valence-corrected chi connectivity index (χ2v) is 3.39. The molecule has 68 valence electrons. The van der Waals surface area contributed by atoms with Gasteiger partial charge in [0.05, 0.1) is 16.6 Å². The number of hydrogen-bond acceptors (Lipinski definition) is 2. The van der Waals surface area contributed by atoms with Crippen molar-refractivity contribution in [3.63, 3.8) is 0 Å². The fraction of sp³-hybridized carbons (Fsp3) is 0.222. The van der Waals surface area contributed by atoms with Crippen LogP contribution in [0.1, 0.15) is 11.5 Å². The van der Waals surface area contributed by atoms with Crippen molar-refractivity contribution < 1.29 is 4.79 Å². The lowest BCUT2D eigenvalue weighted by molar-refractivity contribution is -0.116. The molecule has 3 nitrogen and oxygen atoms in total. The fourth-order valence-corrected chi connectivity index (χ4v) is 1.78. The quantitative estimate of drug-likeness (QED) is 0.712. The molecule has 3 N–H and O–H groups in total. The molecule has 1 unspecified atom stereocenters. The molecule has 1 heterocycles. The third-order valence-corrected chi connectivity index (χ3v) is 2.54. The van der Waals surface area contributed by atoms with E-state index in [-0.39, 0.29) is 11.8 Å². The summed E-state index contributed by atoms with van der Waals surface area (Å²) >= 11 is 5.90. The summed E-state index contributed by atoms with van der Waals surface area (Å²) in [6.45, 7) is 0.319. The predicted molar refractivity (Wildman–Crippen MR) is 51.9 cm³/mol. The highest BCUT2D eigenvalue weighted by molar-refractivity contribution is 6.34. The van der Waals surface area contributed by atoms with Crippen LogP contribution < -0.4 is 11.1 Å². The van der Waals surface area contributed by atoms with Crippen molar-refractivity contribution in [2.24, 2.45) is 5.73 Å². The Morgan fingerprint density at radius 2 is 2.31 bits per heavy atom. The molecule has 0 saturated carbocycles. The number of anilines is 1. The Balaban J connectivity index is 2.54. The van der Waals surface area contributed by atoms with Crippen molar-refractivity contribution in [3.05, 3.63) is 28.8 Å². The molecule has 1 amide bonds.